The van der Waals surface area contributed by atoms with E-state index in [0.29, 0.717) is 11.1 Å². The van der Waals surface area contributed by atoms with Gasteiger partial charge in [-0.15, -0.1) is 0 Å². The monoisotopic (exact) mass is 472 g/mol. The quantitative estimate of drug-likeness (QED) is 0.246. The molecule has 0 saturated heterocycles. The van der Waals surface area contributed by atoms with Gasteiger partial charge in [-0.25, -0.2) is 0 Å². The molecule has 5 aromatic rings. The van der Waals surface area contributed by atoms with Gasteiger partial charge < -0.3 is 9.88 Å². The Labute approximate surface area is 211 Å². The van der Waals surface area contributed by atoms with Gasteiger partial charge in [0.25, 0.3) is 5.91 Å². The van der Waals surface area contributed by atoms with Crippen molar-refractivity contribution < 1.29 is 9.59 Å². The smallest absolute Gasteiger partial charge is 0.251 e. The van der Waals surface area contributed by atoms with Crippen molar-refractivity contribution in [2.45, 2.75) is 25.9 Å². The highest BCUT2D eigenvalue weighted by Crippen LogP contribution is 2.24. The lowest BCUT2D eigenvalue weighted by molar-refractivity contribution is 0.0935. The van der Waals surface area contributed by atoms with Gasteiger partial charge in [-0.1, -0.05) is 79.7 Å². The van der Waals surface area contributed by atoms with Crippen LogP contribution in [0.5, 0.6) is 0 Å². The fraction of sp³-hybridized carbons (Fsp3) is 0.125. The fourth-order valence-electron chi connectivity index (χ4n) is 4.63. The number of nitrogens with one attached hydrogen (secondary N) is 1. The number of aldehydes is 1. The van der Waals surface area contributed by atoms with Crippen LogP contribution in [0.25, 0.3) is 22.0 Å². The van der Waals surface area contributed by atoms with E-state index in [1.54, 1.807) is 0 Å². The Bertz CT molecular complexity index is 1500. The Morgan fingerprint density at radius 2 is 1.67 bits per heavy atom. The summed E-state index contributed by atoms with van der Waals surface area (Å²) in [5.74, 6) is -0.0614. The summed E-state index contributed by atoms with van der Waals surface area (Å²) < 4.78 is 2.20. The summed E-state index contributed by atoms with van der Waals surface area (Å²) in [6, 6.07) is 34.1. The van der Waals surface area contributed by atoms with Crippen LogP contribution in [0.4, 0.5) is 0 Å². The van der Waals surface area contributed by atoms with Crippen LogP contribution in [-0.4, -0.2) is 16.8 Å². The first kappa shape index (κ1) is 23.3. The van der Waals surface area contributed by atoms with Crippen molar-refractivity contribution >= 4 is 23.1 Å². The molecule has 0 spiro atoms. The standard InChI is InChI=1S/C32H28N2O2/c1-2-30(26-8-4-3-5-9-26)33-32(36)29-15-16-31-28(20-29)17-18-34(31)21-24-7-6-10-27(19-24)25-13-11-23(22-35)12-14-25/h3-20,22,30H,2,21H2,1H3,(H,33,36). The van der Waals surface area contributed by atoms with Gasteiger partial charge in [0.05, 0.1) is 6.04 Å². The molecule has 1 unspecified atom stereocenters. The lowest BCUT2D eigenvalue weighted by Gasteiger charge is -2.17. The van der Waals surface area contributed by atoms with Crippen LogP contribution < -0.4 is 5.32 Å². The zero-order valence-electron chi connectivity index (χ0n) is 20.2. The Morgan fingerprint density at radius 1 is 0.861 bits per heavy atom. The molecule has 0 bridgehead atoms. The second-order valence-electron chi connectivity index (χ2n) is 9.00. The van der Waals surface area contributed by atoms with Crippen molar-refractivity contribution in [3.8, 4) is 11.1 Å². The number of amides is 1. The van der Waals surface area contributed by atoms with Crippen LogP contribution in [0.3, 0.4) is 0 Å². The minimum absolute atomic E-state index is 0.0130. The summed E-state index contributed by atoms with van der Waals surface area (Å²) >= 11 is 0. The molecule has 1 N–H and O–H groups in total. The first-order chi connectivity index (χ1) is 17.6. The van der Waals surface area contributed by atoms with Gasteiger partial charge in [0.2, 0.25) is 0 Å². The van der Waals surface area contributed by atoms with E-state index in [1.807, 2.05) is 72.8 Å². The third-order valence-corrected chi connectivity index (χ3v) is 6.61. The number of hydrogen-bond acceptors (Lipinski definition) is 2. The first-order valence-corrected chi connectivity index (χ1v) is 12.2. The summed E-state index contributed by atoms with van der Waals surface area (Å²) in [7, 11) is 0. The lowest BCUT2D eigenvalue weighted by atomic mass is 10.0. The molecular weight excluding hydrogens is 444 g/mol. The minimum atomic E-state index is -0.0614. The SMILES string of the molecule is CCC(NC(=O)c1ccc2c(ccn2Cc2cccc(-c3ccc(C=O)cc3)c2)c1)c1ccccc1. The molecule has 1 heterocycles. The van der Waals surface area contributed by atoms with Gasteiger partial charge in [-0.3, -0.25) is 9.59 Å². The van der Waals surface area contributed by atoms with Crippen molar-refractivity contribution in [1.82, 2.24) is 9.88 Å². The number of fused-ring (bicyclic) bond motifs is 1. The summed E-state index contributed by atoms with van der Waals surface area (Å²) in [5, 5.41) is 4.21. The fourth-order valence-corrected chi connectivity index (χ4v) is 4.63. The van der Waals surface area contributed by atoms with E-state index < -0.39 is 0 Å². The van der Waals surface area contributed by atoms with E-state index >= 15 is 0 Å². The minimum Gasteiger partial charge on any atom is -0.345 e. The van der Waals surface area contributed by atoms with Gasteiger partial charge in [0.1, 0.15) is 6.29 Å². The molecule has 178 valence electrons. The topological polar surface area (TPSA) is 51.1 Å². The van der Waals surface area contributed by atoms with E-state index in [4.69, 9.17) is 0 Å². The average molecular weight is 473 g/mol. The zero-order chi connectivity index (χ0) is 24.9. The molecule has 0 radical (unpaired) electrons. The van der Waals surface area contributed by atoms with Gasteiger partial charge in [0.15, 0.2) is 0 Å². The van der Waals surface area contributed by atoms with Crippen LogP contribution in [-0.2, 0) is 6.54 Å². The Morgan fingerprint density at radius 3 is 2.42 bits per heavy atom. The normalized spacial score (nSPS) is 11.8. The molecule has 0 aliphatic heterocycles. The molecule has 4 heteroatoms. The van der Waals surface area contributed by atoms with Gasteiger partial charge in [-0.05, 0) is 59.0 Å². The summed E-state index contributed by atoms with van der Waals surface area (Å²) in [5.41, 5.74) is 6.91. The van der Waals surface area contributed by atoms with E-state index in [1.165, 1.54) is 5.56 Å². The molecule has 1 aromatic heterocycles. The van der Waals surface area contributed by atoms with E-state index in [2.05, 4.69) is 53.3 Å². The Hall–Kier alpha value is -4.44. The van der Waals surface area contributed by atoms with Crippen molar-refractivity contribution in [2.75, 3.05) is 0 Å². The summed E-state index contributed by atoms with van der Waals surface area (Å²) in [6.07, 6.45) is 3.75. The second-order valence-corrected chi connectivity index (χ2v) is 9.00. The highest BCUT2D eigenvalue weighted by molar-refractivity contribution is 5.98. The Balaban J connectivity index is 1.34. The summed E-state index contributed by atoms with van der Waals surface area (Å²) in [6.45, 7) is 2.80. The van der Waals surface area contributed by atoms with Crippen molar-refractivity contribution in [3.05, 3.63) is 132 Å². The van der Waals surface area contributed by atoms with E-state index in [-0.39, 0.29) is 11.9 Å². The van der Waals surface area contributed by atoms with Crippen LogP contribution in [0.2, 0.25) is 0 Å². The molecule has 5 rings (SSSR count). The molecule has 1 atom stereocenters. The number of carbonyl (C=O) groups excluding carboxylic acids is 2. The third-order valence-electron chi connectivity index (χ3n) is 6.61. The van der Waals surface area contributed by atoms with Gasteiger partial charge in [-0.2, -0.15) is 0 Å². The number of hydrogen-bond donors (Lipinski definition) is 1. The van der Waals surface area contributed by atoms with E-state index in [9.17, 15) is 9.59 Å². The zero-order valence-corrected chi connectivity index (χ0v) is 20.2. The number of benzene rings is 4. The van der Waals surface area contributed by atoms with Crippen molar-refractivity contribution in [1.29, 1.82) is 0 Å². The van der Waals surface area contributed by atoms with Crippen LogP contribution >= 0.6 is 0 Å². The maximum absolute atomic E-state index is 13.0. The second kappa shape index (κ2) is 10.4. The molecular formula is C32H28N2O2. The lowest BCUT2D eigenvalue weighted by Crippen LogP contribution is -2.28. The molecule has 0 fully saturated rings. The van der Waals surface area contributed by atoms with Gasteiger partial charge in [0, 0.05) is 34.8 Å². The number of nitrogens with zero attached hydrogens (tertiary/aromatic N) is 1. The number of rotatable bonds is 8. The average Bonchev–Trinajstić information content (AvgIpc) is 3.34. The maximum atomic E-state index is 13.0. The largest absolute Gasteiger partial charge is 0.345 e. The molecule has 36 heavy (non-hydrogen) atoms. The van der Waals surface area contributed by atoms with Crippen molar-refractivity contribution in [2.24, 2.45) is 0 Å². The molecule has 1 amide bonds. The highest BCUT2D eigenvalue weighted by Gasteiger charge is 2.15. The van der Waals surface area contributed by atoms with Crippen LogP contribution in [0.1, 0.15) is 51.2 Å². The highest BCUT2D eigenvalue weighted by atomic mass is 16.1. The number of carbonyl (C=O) groups is 2. The van der Waals surface area contributed by atoms with Gasteiger partial charge >= 0.3 is 0 Å². The number of aromatic nitrogens is 1. The summed E-state index contributed by atoms with van der Waals surface area (Å²) in [4.78, 5) is 24.0. The Kier molecular flexibility index (Phi) is 6.76. The molecule has 0 saturated carbocycles. The van der Waals surface area contributed by atoms with Crippen LogP contribution in [0, 0.1) is 0 Å². The predicted molar refractivity (Wildman–Crippen MR) is 145 cm³/mol. The third kappa shape index (κ3) is 4.98. The predicted octanol–water partition coefficient (Wildman–Crippen LogP) is 7.05. The van der Waals surface area contributed by atoms with Crippen molar-refractivity contribution in [3.63, 3.8) is 0 Å². The molecule has 0 aliphatic rings. The maximum Gasteiger partial charge on any atom is 0.251 e. The van der Waals surface area contributed by atoms with Crippen LogP contribution in [0.15, 0.2) is 109 Å². The first-order valence-electron chi connectivity index (χ1n) is 12.2. The molecule has 4 aromatic carbocycles. The molecule has 4 nitrogen and oxygen atoms in total. The van der Waals surface area contributed by atoms with E-state index in [0.717, 1.165) is 46.8 Å². The molecule has 0 aliphatic carbocycles.